The van der Waals surface area contributed by atoms with Crippen LogP contribution in [-0.2, 0) is 0 Å². The van der Waals surface area contributed by atoms with Crippen LogP contribution in [0, 0.1) is 12.8 Å². The van der Waals surface area contributed by atoms with Crippen molar-refractivity contribution in [1.29, 1.82) is 0 Å². The Labute approximate surface area is 181 Å². The lowest BCUT2D eigenvalue weighted by atomic mass is 10.1. The zero-order valence-electron chi connectivity index (χ0n) is 18.2. The highest BCUT2D eigenvalue weighted by molar-refractivity contribution is 5.94. The van der Waals surface area contributed by atoms with Crippen molar-refractivity contribution in [1.82, 2.24) is 25.2 Å². The Hall–Kier alpha value is -3.26. The molecule has 8 nitrogen and oxygen atoms in total. The Morgan fingerprint density at radius 1 is 1.10 bits per heavy atom. The molecule has 1 aliphatic heterocycles. The van der Waals surface area contributed by atoms with Crippen molar-refractivity contribution in [2.75, 3.05) is 37.6 Å². The van der Waals surface area contributed by atoms with E-state index < -0.39 is 0 Å². The molecule has 1 fully saturated rings. The van der Waals surface area contributed by atoms with Gasteiger partial charge in [0.15, 0.2) is 5.65 Å². The van der Waals surface area contributed by atoms with E-state index in [1.807, 2.05) is 6.92 Å². The molecule has 0 radical (unpaired) electrons. The van der Waals surface area contributed by atoms with Crippen LogP contribution in [0.2, 0.25) is 0 Å². The Kier molecular flexibility index (Phi) is 5.99. The predicted molar refractivity (Wildman–Crippen MR) is 122 cm³/mol. The lowest BCUT2D eigenvalue weighted by Crippen LogP contribution is -2.44. The van der Waals surface area contributed by atoms with Crippen molar-refractivity contribution < 1.29 is 4.79 Å². The van der Waals surface area contributed by atoms with E-state index in [4.69, 9.17) is 4.98 Å². The molecule has 0 saturated carbocycles. The van der Waals surface area contributed by atoms with Crippen molar-refractivity contribution in [3.05, 3.63) is 58.0 Å². The quantitative estimate of drug-likeness (QED) is 0.655. The van der Waals surface area contributed by atoms with Crippen molar-refractivity contribution in [3.8, 4) is 5.69 Å². The molecule has 1 aliphatic rings. The summed E-state index contributed by atoms with van der Waals surface area (Å²) >= 11 is 0. The summed E-state index contributed by atoms with van der Waals surface area (Å²) < 4.78 is 1.59. The van der Waals surface area contributed by atoms with Crippen LogP contribution in [0.15, 0.2) is 41.2 Å². The van der Waals surface area contributed by atoms with Gasteiger partial charge in [-0.2, -0.15) is 4.98 Å². The van der Waals surface area contributed by atoms with E-state index in [0.29, 0.717) is 35.3 Å². The van der Waals surface area contributed by atoms with Gasteiger partial charge in [-0.25, -0.2) is 4.98 Å². The number of nitrogens with zero attached hydrogens (tertiary/aromatic N) is 4. The molecule has 1 aromatic carbocycles. The molecule has 0 bridgehead atoms. The molecule has 1 saturated heterocycles. The number of nitrogens with one attached hydrogen (secondary N) is 2. The molecule has 0 unspecified atom stereocenters. The fourth-order valence-electron chi connectivity index (χ4n) is 3.67. The van der Waals surface area contributed by atoms with Gasteiger partial charge in [0.1, 0.15) is 0 Å². The number of carbonyl (C=O) groups excluding carboxylic acids is 1. The first-order valence-electron chi connectivity index (χ1n) is 10.7. The molecule has 8 heteroatoms. The number of carbonyl (C=O) groups is 1. The highest BCUT2D eigenvalue weighted by Crippen LogP contribution is 2.21. The van der Waals surface area contributed by atoms with Gasteiger partial charge >= 0.3 is 0 Å². The van der Waals surface area contributed by atoms with Crippen LogP contribution in [0.4, 0.5) is 5.95 Å². The first-order chi connectivity index (χ1) is 14.9. The number of aryl methyl sites for hydroxylation is 1. The molecular weight excluding hydrogens is 392 g/mol. The van der Waals surface area contributed by atoms with Crippen LogP contribution in [-0.4, -0.2) is 53.2 Å². The minimum atomic E-state index is -0.172. The standard InChI is InChI=1S/C23H28N6O2/c1-15(2)14-25-22(31)17-4-6-18(7-5-17)29-20(30)9-8-19-16(3)26-23(27-21(19)29)28-12-10-24-11-13-28/h4-9,15,24H,10-14H2,1-3H3,(H,25,31). The Bertz CT molecular complexity index is 1150. The van der Waals surface area contributed by atoms with Crippen molar-refractivity contribution >= 4 is 22.9 Å². The molecule has 31 heavy (non-hydrogen) atoms. The summed E-state index contributed by atoms with van der Waals surface area (Å²) in [7, 11) is 0. The van der Waals surface area contributed by atoms with Crippen molar-refractivity contribution in [3.63, 3.8) is 0 Å². The molecule has 4 rings (SSSR count). The van der Waals surface area contributed by atoms with E-state index in [1.54, 1.807) is 34.9 Å². The topological polar surface area (TPSA) is 92.2 Å². The number of rotatable bonds is 5. The van der Waals surface area contributed by atoms with Gasteiger partial charge in [0.2, 0.25) is 5.95 Å². The smallest absolute Gasteiger partial charge is 0.256 e. The average molecular weight is 421 g/mol. The van der Waals surface area contributed by atoms with Crippen LogP contribution >= 0.6 is 0 Å². The minimum Gasteiger partial charge on any atom is -0.352 e. The van der Waals surface area contributed by atoms with E-state index in [0.717, 1.165) is 37.3 Å². The molecule has 162 valence electrons. The van der Waals surface area contributed by atoms with Gasteiger partial charge in [0, 0.05) is 49.7 Å². The summed E-state index contributed by atoms with van der Waals surface area (Å²) in [6.45, 7) is 10.1. The molecule has 1 amide bonds. The Balaban J connectivity index is 1.74. The minimum absolute atomic E-state index is 0.121. The second-order valence-electron chi connectivity index (χ2n) is 8.24. The molecule has 2 N–H and O–H groups in total. The molecule has 0 atom stereocenters. The van der Waals surface area contributed by atoms with Crippen molar-refractivity contribution in [2.24, 2.45) is 5.92 Å². The average Bonchev–Trinajstić information content (AvgIpc) is 2.78. The summed E-state index contributed by atoms with van der Waals surface area (Å²) in [5.74, 6) is 0.894. The number of aromatic nitrogens is 3. The maximum absolute atomic E-state index is 12.8. The largest absolute Gasteiger partial charge is 0.352 e. The third-order valence-electron chi connectivity index (χ3n) is 5.39. The van der Waals surface area contributed by atoms with Gasteiger partial charge in [-0.3, -0.25) is 14.2 Å². The second kappa shape index (κ2) is 8.85. The van der Waals surface area contributed by atoms with Crippen LogP contribution < -0.4 is 21.1 Å². The van der Waals surface area contributed by atoms with E-state index >= 15 is 0 Å². The number of amides is 1. The highest BCUT2D eigenvalue weighted by atomic mass is 16.1. The molecule has 0 aliphatic carbocycles. The number of anilines is 1. The predicted octanol–water partition coefficient (Wildman–Crippen LogP) is 1.88. The van der Waals surface area contributed by atoms with Crippen molar-refractivity contribution in [2.45, 2.75) is 20.8 Å². The SMILES string of the molecule is Cc1nc(N2CCNCC2)nc2c1ccc(=O)n2-c1ccc(C(=O)NCC(C)C)cc1. The molecule has 3 heterocycles. The van der Waals surface area contributed by atoms with Gasteiger partial charge in [-0.15, -0.1) is 0 Å². The first-order valence-corrected chi connectivity index (χ1v) is 10.7. The normalized spacial score (nSPS) is 14.3. The monoisotopic (exact) mass is 420 g/mol. The molecule has 2 aromatic heterocycles. The third-order valence-corrected chi connectivity index (χ3v) is 5.39. The molecule has 3 aromatic rings. The first kappa shape index (κ1) is 21.0. The molecule has 0 spiro atoms. The zero-order chi connectivity index (χ0) is 22.0. The maximum atomic E-state index is 12.8. The van der Waals surface area contributed by atoms with E-state index in [-0.39, 0.29) is 11.5 Å². The van der Waals surface area contributed by atoms with Crippen LogP contribution in [0.5, 0.6) is 0 Å². The maximum Gasteiger partial charge on any atom is 0.256 e. The van der Waals surface area contributed by atoms with E-state index in [1.165, 1.54) is 6.07 Å². The van der Waals surface area contributed by atoms with Gasteiger partial charge in [0.05, 0.1) is 11.4 Å². The zero-order valence-corrected chi connectivity index (χ0v) is 18.2. The number of fused-ring (bicyclic) bond motifs is 1. The summed E-state index contributed by atoms with van der Waals surface area (Å²) in [4.78, 5) is 36.7. The van der Waals surface area contributed by atoms with Gasteiger partial charge in [-0.1, -0.05) is 13.8 Å². The lowest BCUT2D eigenvalue weighted by molar-refractivity contribution is 0.0949. The fraction of sp³-hybridized carbons (Fsp3) is 0.391. The Morgan fingerprint density at radius 3 is 2.48 bits per heavy atom. The number of hydrogen-bond acceptors (Lipinski definition) is 6. The number of hydrogen-bond donors (Lipinski definition) is 2. The van der Waals surface area contributed by atoms with Gasteiger partial charge in [0.25, 0.3) is 11.5 Å². The lowest BCUT2D eigenvalue weighted by Gasteiger charge is -2.28. The van der Waals surface area contributed by atoms with Crippen LogP contribution in [0.3, 0.4) is 0 Å². The summed E-state index contributed by atoms with van der Waals surface area (Å²) in [5, 5.41) is 7.07. The third kappa shape index (κ3) is 4.44. The second-order valence-corrected chi connectivity index (χ2v) is 8.24. The summed E-state index contributed by atoms with van der Waals surface area (Å²) in [5.41, 5.74) is 2.46. The Morgan fingerprint density at radius 2 is 1.81 bits per heavy atom. The number of benzene rings is 1. The summed E-state index contributed by atoms with van der Waals surface area (Å²) in [6.07, 6.45) is 0. The van der Waals surface area contributed by atoms with E-state index in [2.05, 4.69) is 34.4 Å². The van der Waals surface area contributed by atoms with Gasteiger partial charge in [-0.05, 0) is 43.2 Å². The molecular formula is C23H28N6O2. The highest BCUT2D eigenvalue weighted by Gasteiger charge is 2.17. The van der Waals surface area contributed by atoms with Crippen LogP contribution in [0.1, 0.15) is 29.9 Å². The summed E-state index contributed by atoms with van der Waals surface area (Å²) in [6, 6.07) is 10.4. The van der Waals surface area contributed by atoms with Gasteiger partial charge < -0.3 is 15.5 Å². The van der Waals surface area contributed by atoms with Crippen LogP contribution in [0.25, 0.3) is 16.7 Å². The number of pyridine rings is 1. The number of piperazine rings is 1. The fourth-order valence-corrected chi connectivity index (χ4v) is 3.67. The van der Waals surface area contributed by atoms with E-state index in [9.17, 15) is 9.59 Å².